The van der Waals surface area contributed by atoms with Crippen LogP contribution in [-0.2, 0) is 6.54 Å². The van der Waals surface area contributed by atoms with E-state index in [4.69, 9.17) is 4.74 Å². The molecule has 1 unspecified atom stereocenters. The Hall–Kier alpha value is -0.580. The molecule has 0 bridgehead atoms. The third-order valence-electron chi connectivity index (χ3n) is 2.49. The zero-order valence-electron chi connectivity index (χ0n) is 11.2. The van der Waals surface area contributed by atoms with Crippen molar-refractivity contribution in [2.45, 2.75) is 33.4 Å². The third kappa shape index (κ3) is 6.05. The van der Waals surface area contributed by atoms with Crippen molar-refractivity contribution in [1.29, 1.82) is 0 Å². The first-order chi connectivity index (χ1) is 8.11. The lowest BCUT2D eigenvalue weighted by Gasteiger charge is -2.15. The van der Waals surface area contributed by atoms with Crippen LogP contribution in [0.5, 0.6) is 5.75 Å². The van der Waals surface area contributed by atoms with Gasteiger partial charge in [-0.3, -0.25) is 0 Å². The first-order valence-electron chi connectivity index (χ1n) is 6.17. The van der Waals surface area contributed by atoms with Crippen molar-refractivity contribution in [3.63, 3.8) is 0 Å². The molecule has 98 valence electrons. The van der Waals surface area contributed by atoms with Crippen LogP contribution in [0.4, 0.5) is 0 Å². The van der Waals surface area contributed by atoms with Gasteiger partial charge in [0.05, 0.1) is 7.11 Å². The Kier molecular flexibility index (Phi) is 6.55. The topological polar surface area (TPSA) is 33.3 Å². The third-order valence-corrected chi connectivity index (χ3v) is 3.41. The second kappa shape index (κ2) is 7.69. The van der Waals surface area contributed by atoms with Gasteiger partial charge >= 0.3 is 0 Å². The van der Waals surface area contributed by atoms with Crippen LogP contribution < -0.4 is 15.4 Å². The molecule has 0 spiro atoms. The lowest BCUT2D eigenvalue weighted by Crippen LogP contribution is -2.37. The predicted molar refractivity (Wildman–Crippen MR) is 74.9 cm³/mol. The van der Waals surface area contributed by atoms with Crippen LogP contribution in [0.15, 0.2) is 11.4 Å². The minimum atomic E-state index is 0.488. The van der Waals surface area contributed by atoms with Crippen molar-refractivity contribution in [1.82, 2.24) is 10.6 Å². The number of hydrogen-bond donors (Lipinski definition) is 2. The Bertz CT molecular complexity index is 312. The van der Waals surface area contributed by atoms with Gasteiger partial charge in [0, 0.05) is 29.4 Å². The highest BCUT2D eigenvalue weighted by Crippen LogP contribution is 2.20. The Morgan fingerprint density at radius 3 is 2.65 bits per heavy atom. The van der Waals surface area contributed by atoms with Gasteiger partial charge in [0.1, 0.15) is 5.75 Å². The van der Waals surface area contributed by atoms with Crippen LogP contribution in [0.1, 0.15) is 25.6 Å². The summed E-state index contributed by atoms with van der Waals surface area (Å²) >= 11 is 1.74. The van der Waals surface area contributed by atoms with Crippen LogP contribution in [0, 0.1) is 5.92 Å². The van der Waals surface area contributed by atoms with Crippen LogP contribution in [0.2, 0.25) is 0 Å². The maximum atomic E-state index is 5.16. The van der Waals surface area contributed by atoms with Gasteiger partial charge in [-0.15, -0.1) is 11.3 Å². The first kappa shape index (κ1) is 14.5. The fourth-order valence-electron chi connectivity index (χ4n) is 1.50. The predicted octanol–water partition coefficient (Wildman–Crippen LogP) is 2.48. The number of rotatable bonds is 8. The number of nitrogens with one attached hydrogen (secondary N) is 2. The summed E-state index contributed by atoms with van der Waals surface area (Å²) < 4.78 is 5.16. The Morgan fingerprint density at radius 1 is 1.29 bits per heavy atom. The molecule has 1 aromatic heterocycles. The summed E-state index contributed by atoms with van der Waals surface area (Å²) in [5.74, 6) is 1.67. The molecule has 1 rings (SSSR count). The monoisotopic (exact) mass is 256 g/mol. The molecule has 0 aliphatic heterocycles. The van der Waals surface area contributed by atoms with Crippen LogP contribution in [0.25, 0.3) is 0 Å². The van der Waals surface area contributed by atoms with E-state index < -0.39 is 0 Å². The summed E-state index contributed by atoms with van der Waals surface area (Å²) in [6, 6.07) is 2.58. The van der Waals surface area contributed by atoms with E-state index in [-0.39, 0.29) is 0 Å². The second-order valence-electron chi connectivity index (χ2n) is 4.79. The standard InChI is InChI=1S/C13H24N2OS/c1-10(2)6-14-7-11(3)15-8-13-5-12(16-4)9-17-13/h5,9-11,14-15H,6-8H2,1-4H3. The molecule has 3 nitrogen and oxygen atoms in total. The van der Waals surface area contributed by atoms with E-state index in [9.17, 15) is 0 Å². The Labute approximate surface area is 109 Å². The largest absolute Gasteiger partial charge is 0.496 e. The van der Waals surface area contributed by atoms with E-state index in [1.165, 1.54) is 4.88 Å². The molecule has 0 aliphatic rings. The summed E-state index contributed by atoms with van der Waals surface area (Å²) in [7, 11) is 1.71. The van der Waals surface area contributed by atoms with Crippen molar-refractivity contribution in [2.24, 2.45) is 5.92 Å². The van der Waals surface area contributed by atoms with Crippen molar-refractivity contribution >= 4 is 11.3 Å². The lowest BCUT2D eigenvalue weighted by atomic mass is 10.2. The summed E-state index contributed by atoms with van der Waals surface area (Å²) in [5.41, 5.74) is 0. The van der Waals surface area contributed by atoms with Crippen molar-refractivity contribution in [2.75, 3.05) is 20.2 Å². The van der Waals surface area contributed by atoms with Gasteiger partial charge in [0.25, 0.3) is 0 Å². The van der Waals surface area contributed by atoms with Crippen LogP contribution >= 0.6 is 11.3 Å². The second-order valence-corrected chi connectivity index (χ2v) is 5.78. The van der Waals surface area contributed by atoms with Crippen molar-refractivity contribution in [3.05, 3.63) is 16.3 Å². The normalized spacial score (nSPS) is 13.0. The average Bonchev–Trinajstić information content (AvgIpc) is 2.73. The SMILES string of the molecule is COc1csc(CNC(C)CNCC(C)C)c1. The number of hydrogen-bond acceptors (Lipinski definition) is 4. The van der Waals surface area contributed by atoms with Crippen LogP contribution in [0.3, 0.4) is 0 Å². The maximum Gasteiger partial charge on any atom is 0.129 e. The molecule has 1 heterocycles. The van der Waals surface area contributed by atoms with Gasteiger partial charge in [-0.25, -0.2) is 0 Å². The summed E-state index contributed by atoms with van der Waals surface area (Å²) in [6.07, 6.45) is 0. The molecular formula is C13H24N2OS. The van der Waals surface area contributed by atoms with E-state index in [1.54, 1.807) is 18.4 Å². The molecule has 1 aromatic rings. The minimum absolute atomic E-state index is 0.488. The highest BCUT2D eigenvalue weighted by molar-refractivity contribution is 7.10. The van der Waals surface area contributed by atoms with Gasteiger partial charge in [-0.2, -0.15) is 0 Å². The molecule has 0 saturated carbocycles. The summed E-state index contributed by atoms with van der Waals surface area (Å²) in [6.45, 7) is 9.67. The molecule has 0 amide bonds. The molecule has 0 aromatic carbocycles. The summed E-state index contributed by atoms with van der Waals surface area (Å²) in [4.78, 5) is 1.32. The first-order valence-corrected chi connectivity index (χ1v) is 7.05. The van der Waals surface area contributed by atoms with Gasteiger partial charge < -0.3 is 15.4 Å². The number of ether oxygens (including phenoxy) is 1. The Morgan fingerprint density at radius 2 is 2.06 bits per heavy atom. The molecule has 1 atom stereocenters. The van der Waals surface area contributed by atoms with E-state index >= 15 is 0 Å². The van der Waals surface area contributed by atoms with E-state index in [0.29, 0.717) is 12.0 Å². The molecule has 0 aliphatic carbocycles. The van der Waals surface area contributed by atoms with Crippen LogP contribution in [-0.4, -0.2) is 26.2 Å². The average molecular weight is 256 g/mol. The lowest BCUT2D eigenvalue weighted by molar-refractivity contribution is 0.416. The van der Waals surface area contributed by atoms with Crippen molar-refractivity contribution < 1.29 is 4.74 Å². The number of methoxy groups -OCH3 is 1. The van der Waals surface area contributed by atoms with Gasteiger partial charge in [-0.05, 0) is 25.5 Å². The quantitative estimate of drug-likeness (QED) is 0.749. The fourth-order valence-corrected chi connectivity index (χ4v) is 2.28. The van der Waals surface area contributed by atoms with Gasteiger partial charge in [-0.1, -0.05) is 13.8 Å². The molecule has 0 radical (unpaired) electrons. The minimum Gasteiger partial charge on any atom is -0.496 e. The fraction of sp³-hybridized carbons (Fsp3) is 0.692. The molecular weight excluding hydrogens is 232 g/mol. The zero-order chi connectivity index (χ0) is 12.7. The number of thiophene rings is 1. The van der Waals surface area contributed by atoms with E-state index in [1.807, 2.05) is 5.38 Å². The highest BCUT2D eigenvalue weighted by Gasteiger charge is 2.04. The maximum absolute atomic E-state index is 5.16. The zero-order valence-corrected chi connectivity index (χ0v) is 12.1. The molecule has 2 N–H and O–H groups in total. The van der Waals surface area contributed by atoms with Gasteiger partial charge in [0.15, 0.2) is 0 Å². The van der Waals surface area contributed by atoms with E-state index in [0.717, 1.165) is 25.4 Å². The molecule has 4 heteroatoms. The molecule has 0 fully saturated rings. The molecule has 0 saturated heterocycles. The Balaban J connectivity index is 2.16. The summed E-state index contributed by atoms with van der Waals surface area (Å²) in [5, 5.41) is 9.00. The van der Waals surface area contributed by atoms with Crippen molar-refractivity contribution in [3.8, 4) is 5.75 Å². The molecule has 17 heavy (non-hydrogen) atoms. The van der Waals surface area contributed by atoms with E-state index in [2.05, 4.69) is 37.5 Å². The smallest absolute Gasteiger partial charge is 0.129 e. The van der Waals surface area contributed by atoms with Gasteiger partial charge in [0.2, 0.25) is 0 Å². The highest BCUT2D eigenvalue weighted by atomic mass is 32.1.